The summed E-state index contributed by atoms with van der Waals surface area (Å²) in [5.74, 6) is -0.920. The van der Waals surface area contributed by atoms with Crippen LogP contribution in [-0.4, -0.2) is 38.7 Å². The number of anilines is 2. The second-order valence-electron chi connectivity index (χ2n) is 7.20. The highest BCUT2D eigenvalue weighted by Crippen LogP contribution is 2.50. The zero-order valence-corrected chi connectivity index (χ0v) is 17.0. The third kappa shape index (κ3) is 2.69. The fraction of sp³-hybridized carbons (Fsp3) is 0.261. The van der Waals surface area contributed by atoms with Crippen molar-refractivity contribution in [3.63, 3.8) is 0 Å². The maximum atomic E-state index is 13.7. The van der Waals surface area contributed by atoms with Crippen molar-refractivity contribution in [3.05, 3.63) is 71.4 Å². The highest BCUT2D eigenvalue weighted by molar-refractivity contribution is 6.16. The first kappa shape index (κ1) is 19.7. The number of nitrogens with zero attached hydrogens (tertiary/aromatic N) is 2. The maximum absolute atomic E-state index is 13.7. The number of fused-ring (bicyclic) bond motifs is 3. The first-order valence-corrected chi connectivity index (χ1v) is 9.67. The minimum Gasteiger partial charge on any atom is -0.466 e. The van der Waals surface area contributed by atoms with Gasteiger partial charge >= 0.3 is 12.1 Å². The van der Waals surface area contributed by atoms with E-state index in [1.165, 1.54) is 18.2 Å². The number of likely N-dealkylation sites (N-methyl/N-ethyl adjacent to an activating group) is 1. The molecule has 7 heteroatoms. The van der Waals surface area contributed by atoms with Crippen LogP contribution in [0.1, 0.15) is 18.1 Å². The Morgan fingerprint density at radius 3 is 2.43 bits per heavy atom. The molecule has 0 unspecified atom stereocenters. The van der Waals surface area contributed by atoms with Crippen LogP contribution in [0.5, 0.6) is 0 Å². The van der Waals surface area contributed by atoms with E-state index in [0.717, 1.165) is 11.3 Å². The number of rotatable bonds is 2. The number of hydrogen-bond donors (Lipinski definition) is 0. The third-order valence-corrected chi connectivity index (χ3v) is 5.69. The standard InChI is InChI=1S/C23H22N2O5/c1-4-30-22(28)25-14-17(20(26)29-3)23(13-15-9-5-7-11-18(15)25)16-10-6-8-12-19(16)24(2)21(23)27/h5-12,14H,4,13H2,1-3H3/t23-/m1/s1. The van der Waals surface area contributed by atoms with Crippen molar-refractivity contribution in [1.82, 2.24) is 0 Å². The molecule has 0 bridgehead atoms. The summed E-state index contributed by atoms with van der Waals surface area (Å²) >= 11 is 0. The van der Waals surface area contributed by atoms with Gasteiger partial charge in [0.15, 0.2) is 0 Å². The number of carbonyl (C=O) groups is 3. The fourth-order valence-corrected chi connectivity index (χ4v) is 4.34. The minimum absolute atomic E-state index is 0.0936. The molecule has 30 heavy (non-hydrogen) atoms. The molecule has 154 valence electrons. The zero-order chi connectivity index (χ0) is 21.5. The van der Waals surface area contributed by atoms with Crippen molar-refractivity contribution in [1.29, 1.82) is 0 Å². The molecule has 0 fully saturated rings. The van der Waals surface area contributed by atoms with Crippen LogP contribution in [0.15, 0.2) is 60.3 Å². The molecule has 2 aromatic carbocycles. The molecule has 0 N–H and O–H groups in total. The molecule has 0 aromatic heterocycles. The van der Waals surface area contributed by atoms with Gasteiger partial charge in [-0.15, -0.1) is 0 Å². The molecular weight excluding hydrogens is 384 g/mol. The van der Waals surface area contributed by atoms with Crippen LogP contribution in [-0.2, 0) is 30.9 Å². The number of amides is 2. The number of ether oxygens (including phenoxy) is 2. The predicted octanol–water partition coefficient (Wildman–Crippen LogP) is 3.18. The van der Waals surface area contributed by atoms with Crippen LogP contribution in [0.25, 0.3) is 0 Å². The van der Waals surface area contributed by atoms with Gasteiger partial charge in [-0.1, -0.05) is 36.4 Å². The van der Waals surface area contributed by atoms with Crippen molar-refractivity contribution in [2.45, 2.75) is 18.8 Å². The van der Waals surface area contributed by atoms with Crippen LogP contribution < -0.4 is 9.80 Å². The number of esters is 1. The predicted molar refractivity (Wildman–Crippen MR) is 111 cm³/mol. The van der Waals surface area contributed by atoms with E-state index in [1.54, 1.807) is 31.0 Å². The van der Waals surface area contributed by atoms with Gasteiger partial charge in [0.25, 0.3) is 0 Å². The molecular formula is C23H22N2O5. The summed E-state index contributed by atoms with van der Waals surface area (Å²) in [6.07, 6.45) is 0.972. The molecule has 2 amide bonds. The molecule has 0 radical (unpaired) electrons. The summed E-state index contributed by atoms with van der Waals surface area (Å²) in [6, 6.07) is 14.6. The molecule has 0 saturated heterocycles. The Bertz CT molecular complexity index is 1080. The molecule has 4 rings (SSSR count). The van der Waals surface area contributed by atoms with Gasteiger partial charge in [0.2, 0.25) is 5.91 Å². The Labute approximate surface area is 174 Å². The van der Waals surface area contributed by atoms with Gasteiger partial charge in [-0.05, 0) is 36.6 Å². The van der Waals surface area contributed by atoms with E-state index in [2.05, 4.69) is 0 Å². The van der Waals surface area contributed by atoms with Gasteiger partial charge in [-0.2, -0.15) is 0 Å². The lowest BCUT2D eigenvalue weighted by atomic mass is 9.71. The van der Waals surface area contributed by atoms with E-state index in [0.29, 0.717) is 11.3 Å². The molecule has 2 aromatic rings. The van der Waals surface area contributed by atoms with Crippen molar-refractivity contribution < 1.29 is 23.9 Å². The van der Waals surface area contributed by atoms with Crippen molar-refractivity contribution in [2.75, 3.05) is 30.6 Å². The van der Waals surface area contributed by atoms with Crippen LogP contribution in [0, 0.1) is 0 Å². The lowest BCUT2D eigenvalue weighted by Crippen LogP contribution is -2.44. The Balaban J connectivity index is 2.05. The third-order valence-electron chi connectivity index (χ3n) is 5.69. The van der Waals surface area contributed by atoms with E-state index in [9.17, 15) is 14.4 Å². The molecule has 1 spiro atoms. The number of methoxy groups -OCH3 is 1. The van der Waals surface area contributed by atoms with Gasteiger partial charge in [0.05, 0.1) is 25.0 Å². The van der Waals surface area contributed by atoms with E-state index >= 15 is 0 Å². The van der Waals surface area contributed by atoms with E-state index < -0.39 is 17.5 Å². The molecule has 0 aliphatic carbocycles. The van der Waals surface area contributed by atoms with Crippen molar-refractivity contribution in [3.8, 4) is 0 Å². The number of hydrogen-bond acceptors (Lipinski definition) is 5. The Kier molecular flexibility index (Phi) is 4.81. The first-order valence-electron chi connectivity index (χ1n) is 9.67. The average Bonchev–Trinajstić information content (AvgIpc) is 2.90. The van der Waals surface area contributed by atoms with Crippen LogP contribution in [0.3, 0.4) is 0 Å². The molecule has 2 heterocycles. The number of para-hydroxylation sites is 2. The van der Waals surface area contributed by atoms with Crippen molar-refractivity contribution in [2.24, 2.45) is 0 Å². The smallest absolute Gasteiger partial charge is 0.418 e. The first-order chi connectivity index (χ1) is 14.5. The van der Waals surface area contributed by atoms with Gasteiger partial charge in [0.1, 0.15) is 5.41 Å². The molecule has 2 aliphatic rings. The second kappa shape index (κ2) is 7.33. The van der Waals surface area contributed by atoms with Crippen molar-refractivity contribution >= 4 is 29.3 Å². The van der Waals surface area contributed by atoms with Gasteiger partial charge < -0.3 is 14.4 Å². The highest BCUT2D eigenvalue weighted by atomic mass is 16.6. The summed E-state index contributed by atoms with van der Waals surface area (Å²) in [5, 5.41) is 0. The topological polar surface area (TPSA) is 76.1 Å². The Hall–Kier alpha value is -3.61. The van der Waals surface area contributed by atoms with Crippen LogP contribution in [0.2, 0.25) is 0 Å². The van der Waals surface area contributed by atoms with Gasteiger partial charge in [0, 0.05) is 18.9 Å². The molecule has 1 atom stereocenters. The second-order valence-corrected chi connectivity index (χ2v) is 7.20. The Morgan fingerprint density at radius 2 is 1.73 bits per heavy atom. The lowest BCUT2D eigenvalue weighted by Gasteiger charge is -2.28. The van der Waals surface area contributed by atoms with E-state index in [-0.39, 0.29) is 24.5 Å². The fourth-order valence-electron chi connectivity index (χ4n) is 4.34. The summed E-state index contributed by atoms with van der Waals surface area (Å²) in [4.78, 5) is 42.3. The van der Waals surface area contributed by atoms with E-state index in [4.69, 9.17) is 9.47 Å². The number of carbonyl (C=O) groups excluding carboxylic acids is 3. The van der Waals surface area contributed by atoms with Crippen LogP contribution >= 0.6 is 0 Å². The summed E-state index contributed by atoms with van der Waals surface area (Å²) in [6.45, 7) is 1.88. The summed E-state index contributed by atoms with van der Waals surface area (Å²) < 4.78 is 10.3. The van der Waals surface area contributed by atoms with Gasteiger partial charge in [-0.25, -0.2) is 9.59 Å². The van der Waals surface area contributed by atoms with Crippen LogP contribution in [0.4, 0.5) is 16.2 Å². The summed E-state index contributed by atoms with van der Waals surface area (Å²) in [5.41, 5.74) is 1.52. The lowest BCUT2D eigenvalue weighted by molar-refractivity contribution is -0.138. The average molecular weight is 406 g/mol. The van der Waals surface area contributed by atoms with E-state index in [1.807, 2.05) is 36.4 Å². The highest BCUT2D eigenvalue weighted by Gasteiger charge is 2.56. The normalized spacial score (nSPS) is 19.7. The van der Waals surface area contributed by atoms with Gasteiger partial charge in [-0.3, -0.25) is 9.69 Å². The quantitative estimate of drug-likeness (QED) is 0.716. The summed E-state index contributed by atoms with van der Waals surface area (Å²) in [7, 11) is 2.95. The molecule has 0 saturated carbocycles. The maximum Gasteiger partial charge on any atom is 0.418 e. The Morgan fingerprint density at radius 1 is 1.07 bits per heavy atom. The minimum atomic E-state index is -1.31. The molecule has 7 nitrogen and oxygen atoms in total. The SMILES string of the molecule is CCOC(=O)N1C=C(C(=O)OC)[C@]2(Cc3ccccc31)C(=O)N(C)c1ccccc12. The number of benzene rings is 2. The molecule has 2 aliphatic heterocycles. The zero-order valence-electron chi connectivity index (χ0n) is 17.0. The monoisotopic (exact) mass is 406 g/mol. The largest absolute Gasteiger partial charge is 0.466 e.